The van der Waals surface area contributed by atoms with Crippen molar-refractivity contribution in [3.63, 3.8) is 0 Å². The summed E-state index contributed by atoms with van der Waals surface area (Å²) in [5.74, 6) is 1.30. The molecule has 0 amide bonds. The summed E-state index contributed by atoms with van der Waals surface area (Å²) in [6, 6.07) is 5.30. The molecule has 0 bridgehead atoms. The van der Waals surface area contributed by atoms with Gasteiger partial charge in [-0.05, 0) is 25.1 Å². The van der Waals surface area contributed by atoms with E-state index >= 15 is 0 Å². The molecule has 1 aromatic carbocycles. The molecule has 1 aromatic heterocycles. The van der Waals surface area contributed by atoms with E-state index < -0.39 is 0 Å². The van der Waals surface area contributed by atoms with Crippen molar-refractivity contribution in [1.82, 2.24) is 9.97 Å². The molecule has 0 aliphatic carbocycles. The number of anilines is 2. The Labute approximate surface area is 115 Å². The van der Waals surface area contributed by atoms with E-state index in [1.54, 1.807) is 25.3 Å². The summed E-state index contributed by atoms with van der Waals surface area (Å²) < 4.78 is 5.25. The lowest BCUT2D eigenvalue weighted by molar-refractivity contribution is 0.417. The molecule has 1 N–H and O–H groups in total. The van der Waals surface area contributed by atoms with E-state index in [1.807, 2.05) is 6.92 Å². The number of hydrogen-bond donors (Lipinski definition) is 1. The SMILES string of the molecule is COc1ccc(Cl)cc1Nc1ncnc(Cl)c1C. The van der Waals surface area contributed by atoms with Crippen LogP contribution in [0.2, 0.25) is 10.2 Å². The lowest BCUT2D eigenvalue weighted by Crippen LogP contribution is -2.00. The molecule has 0 saturated carbocycles. The van der Waals surface area contributed by atoms with Crippen LogP contribution < -0.4 is 10.1 Å². The highest BCUT2D eigenvalue weighted by Crippen LogP contribution is 2.31. The first-order valence-electron chi connectivity index (χ1n) is 5.19. The fourth-order valence-corrected chi connectivity index (χ4v) is 1.77. The Morgan fingerprint density at radius 3 is 2.72 bits per heavy atom. The van der Waals surface area contributed by atoms with E-state index in [0.29, 0.717) is 21.7 Å². The number of nitrogens with zero attached hydrogens (tertiary/aromatic N) is 2. The van der Waals surface area contributed by atoms with Crippen LogP contribution in [-0.4, -0.2) is 17.1 Å². The molecule has 6 heteroatoms. The van der Waals surface area contributed by atoms with Gasteiger partial charge in [0, 0.05) is 10.6 Å². The predicted octanol–water partition coefficient (Wildman–Crippen LogP) is 3.84. The lowest BCUT2D eigenvalue weighted by Gasteiger charge is -2.12. The molecule has 0 spiro atoms. The molecule has 0 aliphatic heterocycles. The maximum atomic E-state index is 5.96. The first-order chi connectivity index (χ1) is 8.61. The number of ether oxygens (including phenoxy) is 1. The summed E-state index contributed by atoms with van der Waals surface area (Å²) in [5.41, 5.74) is 1.49. The highest BCUT2D eigenvalue weighted by Gasteiger charge is 2.09. The Balaban J connectivity index is 2.39. The molecule has 0 radical (unpaired) electrons. The Kier molecular flexibility index (Phi) is 3.89. The van der Waals surface area contributed by atoms with Crippen molar-refractivity contribution in [2.75, 3.05) is 12.4 Å². The molecule has 4 nitrogen and oxygen atoms in total. The minimum absolute atomic E-state index is 0.411. The number of rotatable bonds is 3. The van der Waals surface area contributed by atoms with Crippen LogP contribution in [0.3, 0.4) is 0 Å². The van der Waals surface area contributed by atoms with Crippen molar-refractivity contribution in [1.29, 1.82) is 0 Å². The first kappa shape index (κ1) is 12.9. The van der Waals surface area contributed by atoms with E-state index in [-0.39, 0.29) is 0 Å². The zero-order valence-corrected chi connectivity index (χ0v) is 11.4. The number of methoxy groups -OCH3 is 1. The Hall–Kier alpha value is -1.52. The third kappa shape index (κ3) is 2.66. The van der Waals surface area contributed by atoms with Gasteiger partial charge in [-0.15, -0.1) is 0 Å². The molecular formula is C12H11Cl2N3O. The molecule has 0 fully saturated rings. The quantitative estimate of drug-likeness (QED) is 0.870. The van der Waals surface area contributed by atoms with E-state index in [9.17, 15) is 0 Å². The van der Waals surface area contributed by atoms with Crippen molar-refractivity contribution >= 4 is 34.7 Å². The van der Waals surface area contributed by atoms with Gasteiger partial charge in [0.05, 0.1) is 12.8 Å². The van der Waals surface area contributed by atoms with Gasteiger partial charge in [-0.3, -0.25) is 0 Å². The highest BCUT2D eigenvalue weighted by molar-refractivity contribution is 6.31. The van der Waals surface area contributed by atoms with Crippen LogP contribution in [0.5, 0.6) is 5.75 Å². The molecule has 18 heavy (non-hydrogen) atoms. The van der Waals surface area contributed by atoms with E-state index in [2.05, 4.69) is 15.3 Å². The molecule has 2 aromatic rings. The van der Waals surface area contributed by atoms with Crippen LogP contribution in [0.1, 0.15) is 5.56 Å². The van der Waals surface area contributed by atoms with Crippen molar-refractivity contribution in [2.24, 2.45) is 0 Å². The average Bonchev–Trinajstić information content (AvgIpc) is 2.35. The second-order valence-electron chi connectivity index (χ2n) is 3.61. The second kappa shape index (κ2) is 5.42. The number of nitrogens with one attached hydrogen (secondary N) is 1. The summed E-state index contributed by atoms with van der Waals surface area (Å²) >= 11 is 11.9. The van der Waals surface area contributed by atoms with Gasteiger partial charge in [0.1, 0.15) is 23.0 Å². The zero-order chi connectivity index (χ0) is 13.1. The minimum atomic E-state index is 0.411. The Morgan fingerprint density at radius 1 is 1.22 bits per heavy atom. The average molecular weight is 284 g/mol. The third-order valence-corrected chi connectivity index (χ3v) is 3.05. The van der Waals surface area contributed by atoms with Crippen LogP contribution >= 0.6 is 23.2 Å². The van der Waals surface area contributed by atoms with Gasteiger partial charge in [-0.2, -0.15) is 0 Å². The Morgan fingerprint density at radius 2 is 2.00 bits per heavy atom. The number of aromatic nitrogens is 2. The molecule has 0 saturated heterocycles. The molecule has 0 aliphatic rings. The molecule has 0 atom stereocenters. The monoisotopic (exact) mass is 283 g/mol. The lowest BCUT2D eigenvalue weighted by atomic mass is 10.2. The van der Waals surface area contributed by atoms with Crippen LogP contribution in [0.15, 0.2) is 24.5 Å². The van der Waals surface area contributed by atoms with Gasteiger partial charge in [-0.1, -0.05) is 23.2 Å². The number of benzene rings is 1. The van der Waals surface area contributed by atoms with E-state index in [0.717, 1.165) is 11.3 Å². The Bertz CT molecular complexity index is 575. The summed E-state index contributed by atoms with van der Waals surface area (Å²) in [4.78, 5) is 8.03. The van der Waals surface area contributed by atoms with Crippen LogP contribution in [0.25, 0.3) is 0 Å². The van der Waals surface area contributed by atoms with Gasteiger partial charge in [-0.25, -0.2) is 9.97 Å². The fraction of sp³-hybridized carbons (Fsp3) is 0.167. The van der Waals surface area contributed by atoms with Gasteiger partial charge in [0.15, 0.2) is 0 Å². The van der Waals surface area contributed by atoms with Crippen molar-refractivity contribution < 1.29 is 4.74 Å². The van der Waals surface area contributed by atoms with Crippen LogP contribution in [-0.2, 0) is 0 Å². The van der Waals surface area contributed by atoms with Gasteiger partial charge in [0.2, 0.25) is 0 Å². The van der Waals surface area contributed by atoms with Crippen molar-refractivity contribution in [2.45, 2.75) is 6.92 Å². The highest BCUT2D eigenvalue weighted by atomic mass is 35.5. The summed E-state index contributed by atoms with van der Waals surface area (Å²) in [7, 11) is 1.59. The van der Waals surface area contributed by atoms with Crippen LogP contribution in [0.4, 0.5) is 11.5 Å². The maximum absolute atomic E-state index is 5.96. The topological polar surface area (TPSA) is 47.0 Å². The molecule has 94 valence electrons. The van der Waals surface area contributed by atoms with Crippen LogP contribution in [0, 0.1) is 6.92 Å². The molecule has 2 rings (SSSR count). The van der Waals surface area contributed by atoms with Gasteiger partial charge in [0.25, 0.3) is 0 Å². The minimum Gasteiger partial charge on any atom is -0.495 e. The molecule has 1 heterocycles. The molecular weight excluding hydrogens is 273 g/mol. The predicted molar refractivity (Wildman–Crippen MR) is 73.1 cm³/mol. The zero-order valence-electron chi connectivity index (χ0n) is 9.87. The second-order valence-corrected chi connectivity index (χ2v) is 4.40. The van der Waals surface area contributed by atoms with Gasteiger partial charge < -0.3 is 10.1 Å². The normalized spacial score (nSPS) is 10.2. The summed E-state index contributed by atoms with van der Waals surface area (Å²) in [6.45, 7) is 1.84. The third-order valence-electron chi connectivity index (χ3n) is 2.44. The number of hydrogen-bond acceptors (Lipinski definition) is 4. The van der Waals surface area contributed by atoms with Crippen molar-refractivity contribution in [3.05, 3.63) is 40.3 Å². The van der Waals surface area contributed by atoms with Crippen molar-refractivity contribution in [3.8, 4) is 5.75 Å². The fourth-order valence-electron chi connectivity index (χ4n) is 1.46. The number of halogens is 2. The molecule has 0 unspecified atom stereocenters. The smallest absolute Gasteiger partial charge is 0.142 e. The largest absolute Gasteiger partial charge is 0.495 e. The first-order valence-corrected chi connectivity index (χ1v) is 5.95. The maximum Gasteiger partial charge on any atom is 0.142 e. The summed E-state index contributed by atoms with van der Waals surface area (Å²) in [5, 5.41) is 4.15. The standard InChI is InChI=1S/C12H11Cl2N3O/c1-7-11(14)15-6-16-12(7)17-9-5-8(13)3-4-10(9)18-2/h3-6H,1-2H3,(H,15,16,17). The van der Waals surface area contributed by atoms with E-state index in [1.165, 1.54) is 6.33 Å². The van der Waals surface area contributed by atoms with Gasteiger partial charge >= 0.3 is 0 Å². The van der Waals surface area contributed by atoms with E-state index in [4.69, 9.17) is 27.9 Å². The summed E-state index contributed by atoms with van der Waals surface area (Å²) in [6.07, 6.45) is 1.40.